The van der Waals surface area contributed by atoms with E-state index in [2.05, 4.69) is 5.32 Å². The molecule has 1 heterocycles. The number of carbonyl (C=O) groups is 1. The van der Waals surface area contributed by atoms with Crippen LogP contribution in [0.15, 0.2) is 23.8 Å². The van der Waals surface area contributed by atoms with E-state index in [-0.39, 0.29) is 12.5 Å². The first kappa shape index (κ1) is 13.9. The summed E-state index contributed by atoms with van der Waals surface area (Å²) in [7, 11) is 0. The first-order chi connectivity index (χ1) is 9.06. The molecule has 1 amide bonds. The molecule has 1 atom stereocenters. The molecule has 0 spiro atoms. The molecular formula is C14H16ClNO3. The Bertz CT molecular complexity index is 511. The number of hydrogen-bond donors (Lipinski definition) is 2. The average Bonchev–Trinajstić information content (AvgIpc) is 2.37. The minimum atomic E-state index is -0.420. The SMILES string of the molecule is CC(O)CCNC(=O)C1=Cc2cc(Cl)ccc2OC1. The Hall–Kier alpha value is -1.52. The molecule has 0 radical (unpaired) electrons. The number of hydrogen-bond acceptors (Lipinski definition) is 3. The number of aliphatic hydroxyl groups is 1. The van der Waals surface area contributed by atoms with E-state index in [0.29, 0.717) is 23.6 Å². The molecule has 1 unspecified atom stereocenters. The van der Waals surface area contributed by atoms with Gasteiger partial charge in [-0.25, -0.2) is 0 Å². The predicted molar refractivity (Wildman–Crippen MR) is 74.2 cm³/mol. The maximum atomic E-state index is 11.9. The summed E-state index contributed by atoms with van der Waals surface area (Å²) in [5, 5.41) is 12.5. The lowest BCUT2D eigenvalue weighted by molar-refractivity contribution is -0.117. The standard InChI is InChI=1S/C14H16ClNO3/c1-9(17)4-5-16-14(18)11-6-10-7-12(15)2-3-13(10)19-8-11/h2-3,6-7,9,17H,4-5,8H2,1H3,(H,16,18). The highest BCUT2D eigenvalue weighted by atomic mass is 35.5. The lowest BCUT2D eigenvalue weighted by Crippen LogP contribution is -2.30. The highest BCUT2D eigenvalue weighted by molar-refractivity contribution is 6.30. The molecule has 102 valence electrons. The van der Waals surface area contributed by atoms with Gasteiger partial charge in [-0.2, -0.15) is 0 Å². The summed E-state index contributed by atoms with van der Waals surface area (Å²) in [6.07, 6.45) is 1.89. The number of amides is 1. The summed E-state index contributed by atoms with van der Waals surface area (Å²) < 4.78 is 5.50. The maximum absolute atomic E-state index is 11.9. The first-order valence-electron chi connectivity index (χ1n) is 6.15. The molecule has 5 heteroatoms. The lowest BCUT2D eigenvalue weighted by atomic mass is 10.1. The van der Waals surface area contributed by atoms with Gasteiger partial charge in [0.25, 0.3) is 5.91 Å². The van der Waals surface area contributed by atoms with E-state index in [1.54, 1.807) is 31.2 Å². The number of halogens is 1. The van der Waals surface area contributed by atoms with Crippen molar-refractivity contribution in [2.45, 2.75) is 19.4 Å². The molecule has 1 aliphatic rings. The van der Waals surface area contributed by atoms with Gasteiger partial charge >= 0.3 is 0 Å². The van der Waals surface area contributed by atoms with Crippen LogP contribution in [0.4, 0.5) is 0 Å². The average molecular weight is 282 g/mol. The zero-order chi connectivity index (χ0) is 13.8. The Labute approximate surface area is 117 Å². The maximum Gasteiger partial charge on any atom is 0.250 e. The van der Waals surface area contributed by atoms with E-state index in [4.69, 9.17) is 21.4 Å². The monoisotopic (exact) mass is 281 g/mol. The second-order valence-corrected chi connectivity index (χ2v) is 4.97. The molecular weight excluding hydrogens is 266 g/mol. The third kappa shape index (κ3) is 3.72. The molecule has 0 aromatic heterocycles. The van der Waals surface area contributed by atoms with Gasteiger partial charge in [0.15, 0.2) is 0 Å². The number of carbonyl (C=O) groups excluding carboxylic acids is 1. The zero-order valence-corrected chi connectivity index (χ0v) is 11.4. The molecule has 4 nitrogen and oxygen atoms in total. The van der Waals surface area contributed by atoms with E-state index in [1.807, 2.05) is 0 Å². The molecule has 19 heavy (non-hydrogen) atoms. The number of ether oxygens (including phenoxy) is 1. The van der Waals surface area contributed by atoms with Gasteiger partial charge in [-0.15, -0.1) is 0 Å². The van der Waals surface area contributed by atoms with Gasteiger partial charge in [-0.3, -0.25) is 4.79 Å². The molecule has 1 aliphatic heterocycles. The minimum Gasteiger partial charge on any atom is -0.488 e. The van der Waals surface area contributed by atoms with Crippen LogP contribution in [0.5, 0.6) is 5.75 Å². The Kier molecular flexibility index (Phi) is 4.45. The van der Waals surface area contributed by atoms with Gasteiger partial charge in [-0.05, 0) is 37.6 Å². The fourth-order valence-electron chi connectivity index (χ4n) is 1.79. The zero-order valence-electron chi connectivity index (χ0n) is 10.6. The second kappa shape index (κ2) is 6.08. The van der Waals surface area contributed by atoms with Crippen LogP contribution in [-0.2, 0) is 4.79 Å². The summed E-state index contributed by atoms with van der Waals surface area (Å²) in [6.45, 7) is 2.37. The van der Waals surface area contributed by atoms with Crippen LogP contribution in [0, 0.1) is 0 Å². The summed E-state index contributed by atoms with van der Waals surface area (Å²) in [5.74, 6) is 0.552. The molecule has 1 aromatic carbocycles. The van der Waals surface area contributed by atoms with Gasteiger partial charge in [0.2, 0.25) is 0 Å². The van der Waals surface area contributed by atoms with Gasteiger partial charge in [0.1, 0.15) is 12.4 Å². The van der Waals surface area contributed by atoms with Crippen molar-refractivity contribution >= 4 is 23.6 Å². The fourth-order valence-corrected chi connectivity index (χ4v) is 1.97. The number of fused-ring (bicyclic) bond motifs is 1. The predicted octanol–water partition coefficient (Wildman–Crippen LogP) is 2.00. The van der Waals surface area contributed by atoms with Crippen LogP contribution in [0.25, 0.3) is 6.08 Å². The van der Waals surface area contributed by atoms with E-state index in [1.165, 1.54) is 0 Å². The topological polar surface area (TPSA) is 58.6 Å². The van der Waals surface area contributed by atoms with Crippen LogP contribution < -0.4 is 10.1 Å². The third-order valence-electron chi connectivity index (χ3n) is 2.82. The lowest BCUT2D eigenvalue weighted by Gasteiger charge is -2.18. The molecule has 0 fully saturated rings. The molecule has 0 saturated carbocycles. The fraction of sp³-hybridized carbons (Fsp3) is 0.357. The van der Waals surface area contributed by atoms with Crippen molar-refractivity contribution in [1.82, 2.24) is 5.32 Å². The highest BCUT2D eigenvalue weighted by Gasteiger charge is 2.17. The van der Waals surface area contributed by atoms with Crippen molar-refractivity contribution < 1.29 is 14.6 Å². The Morgan fingerprint density at radius 3 is 3.11 bits per heavy atom. The van der Waals surface area contributed by atoms with Crippen molar-refractivity contribution in [2.24, 2.45) is 0 Å². The first-order valence-corrected chi connectivity index (χ1v) is 6.53. The van der Waals surface area contributed by atoms with Crippen molar-refractivity contribution in [2.75, 3.05) is 13.2 Å². The van der Waals surface area contributed by atoms with Crippen molar-refractivity contribution in [3.8, 4) is 5.75 Å². The van der Waals surface area contributed by atoms with Crippen LogP contribution >= 0.6 is 11.6 Å². The van der Waals surface area contributed by atoms with Gasteiger partial charge in [-0.1, -0.05) is 11.6 Å². The number of aliphatic hydroxyl groups excluding tert-OH is 1. The number of benzene rings is 1. The van der Waals surface area contributed by atoms with Gasteiger partial charge in [0, 0.05) is 17.1 Å². The summed E-state index contributed by atoms with van der Waals surface area (Å²) in [5.41, 5.74) is 1.36. The van der Waals surface area contributed by atoms with Crippen molar-refractivity contribution in [3.63, 3.8) is 0 Å². The van der Waals surface area contributed by atoms with Crippen molar-refractivity contribution in [1.29, 1.82) is 0 Å². The van der Waals surface area contributed by atoms with Crippen molar-refractivity contribution in [3.05, 3.63) is 34.4 Å². The van der Waals surface area contributed by atoms with E-state index in [0.717, 1.165) is 11.3 Å². The molecule has 1 aromatic rings. The van der Waals surface area contributed by atoms with Crippen LogP contribution in [0.3, 0.4) is 0 Å². The quantitative estimate of drug-likeness (QED) is 0.887. The third-order valence-corrected chi connectivity index (χ3v) is 3.06. The Morgan fingerprint density at radius 2 is 2.37 bits per heavy atom. The van der Waals surface area contributed by atoms with E-state index in [9.17, 15) is 4.79 Å². The van der Waals surface area contributed by atoms with Crippen LogP contribution in [0.2, 0.25) is 5.02 Å². The molecule has 0 bridgehead atoms. The normalized spacial score (nSPS) is 15.0. The smallest absolute Gasteiger partial charge is 0.250 e. The van der Waals surface area contributed by atoms with E-state index < -0.39 is 6.10 Å². The van der Waals surface area contributed by atoms with Gasteiger partial charge < -0.3 is 15.2 Å². The highest BCUT2D eigenvalue weighted by Crippen LogP contribution is 2.28. The Morgan fingerprint density at radius 1 is 1.58 bits per heavy atom. The summed E-state index contributed by atoms with van der Waals surface area (Å²) >= 11 is 5.91. The second-order valence-electron chi connectivity index (χ2n) is 4.53. The number of rotatable bonds is 4. The minimum absolute atomic E-state index is 0.175. The van der Waals surface area contributed by atoms with E-state index >= 15 is 0 Å². The van der Waals surface area contributed by atoms with Gasteiger partial charge in [0.05, 0.1) is 11.7 Å². The largest absolute Gasteiger partial charge is 0.488 e. The van der Waals surface area contributed by atoms with Crippen LogP contribution in [0.1, 0.15) is 18.9 Å². The Balaban J connectivity index is 2.03. The number of nitrogens with one attached hydrogen (secondary N) is 1. The molecule has 2 N–H and O–H groups in total. The van der Waals surface area contributed by atoms with Crippen LogP contribution in [-0.4, -0.2) is 30.3 Å². The molecule has 0 aliphatic carbocycles. The summed E-state index contributed by atoms with van der Waals surface area (Å²) in [4.78, 5) is 11.9. The molecule has 2 rings (SSSR count). The molecule has 0 saturated heterocycles. The summed E-state index contributed by atoms with van der Waals surface area (Å²) in [6, 6.07) is 5.30.